The van der Waals surface area contributed by atoms with Gasteiger partial charge in [-0.3, -0.25) is 10.00 Å². The maximum atomic E-state index is 10.5. The lowest BCUT2D eigenvalue weighted by Gasteiger charge is -2.30. The molecule has 0 spiro atoms. The number of fused-ring (bicyclic) bond motifs is 4. The number of rotatable bonds is 8. The van der Waals surface area contributed by atoms with Crippen LogP contribution in [0.2, 0.25) is 0 Å². The Morgan fingerprint density at radius 3 is 3.12 bits per heavy atom. The highest BCUT2D eigenvalue weighted by Crippen LogP contribution is 2.42. The first kappa shape index (κ1) is 22.4. The molecule has 0 fully saturated rings. The summed E-state index contributed by atoms with van der Waals surface area (Å²) in [5, 5.41) is 26.6. The maximum Gasteiger partial charge on any atom is 0.144 e. The molecule has 12 heteroatoms. The summed E-state index contributed by atoms with van der Waals surface area (Å²) in [6.45, 7) is 0.480. The van der Waals surface area contributed by atoms with Crippen LogP contribution >= 0.6 is 11.3 Å². The van der Waals surface area contributed by atoms with Gasteiger partial charge in [-0.2, -0.15) is 5.10 Å². The molecule has 0 saturated carbocycles. The lowest BCUT2D eigenvalue weighted by atomic mass is 9.86. The first-order chi connectivity index (χ1) is 16.5. The summed E-state index contributed by atoms with van der Waals surface area (Å²) in [6.07, 6.45) is 5.45. The van der Waals surface area contributed by atoms with E-state index in [1.165, 1.54) is 10.4 Å². The summed E-state index contributed by atoms with van der Waals surface area (Å²) in [4.78, 5) is 15.9. The Hall–Kier alpha value is -3.44. The van der Waals surface area contributed by atoms with Crippen molar-refractivity contribution in [3.05, 3.63) is 45.5 Å². The lowest BCUT2D eigenvalue weighted by Crippen LogP contribution is -2.37. The molecule has 0 aliphatic heterocycles. The standard InChI is InChI=1S/C22H25N9O2S/c1-31(2)22(32)12-3-4-14-18(8-12)34-21-19(14)20(24-11-25-21)28-16-7-13-10-27-29-15(13)9-17(16)33-6-5-26-30-23/h7,9-12,22,32H,3-6,8H2,1-2H3,(H,27,29)(H,24,25,28)/t12-,22?/m0/s1. The molecular weight excluding hydrogens is 454 g/mol. The van der Waals surface area contributed by atoms with Crippen molar-refractivity contribution < 1.29 is 9.84 Å². The fraction of sp³-hybridized carbons (Fsp3) is 0.409. The minimum atomic E-state index is -0.464. The van der Waals surface area contributed by atoms with Gasteiger partial charge in [0.15, 0.2) is 0 Å². The third-order valence-corrected chi connectivity index (χ3v) is 7.30. The zero-order valence-electron chi connectivity index (χ0n) is 18.9. The predicted molar refractivity (Wildman–Crippen MR) is 132 cm³/mol. The summed E-state index contributed by atoms with van der Waals surface area (Å²) in [5.74, 6) is 1.52. The Morgan fingerprint density at radius 2 is 2.29 bits per heavy atom. The molecule has 5 rings (SSSR count). The summed E-state index contributed by atoms with van der Waals surface area (Å²) < 4.78 is 5.91. The number of hydrogen-bond donors (Lipinski definition) is 3. The monoisotopic (exact) mass is 479 g/mol. The number of aromatic nitrogens is 4. The van der Waals surface area contributed by atoms with Gasteiger partial charge in [0.2, 0.25) is 0 Å². The molecule has 0 saturated heterocycles. The molecule has 34 heavy (non-hydrogen) atoms. The van der Waals surface area contributed by atoms with Crippen molar-refractivity contribution in [1.29, 1.82) is 0 Å². The van der Waals surface area contributed by atoms with Crippen molar-refractivity contribution in [2.45, 2.75) is 25.5 Å². The van der Waals surface area contributed by atoms with Crippen LogP contribution in [0.5, 0.6) is 5.75 Å². The molecule has 1 aliphatic rings. The third kappa shape index (κ3) is 4.24. The summed E-state index contributed by atoms with van der Waals surface area (Å²) in [7, 11) is 3.81. The van der Waals surface area contributed by atoms with Gasteiger partial charge in [-0.25, -0.2) is 9.97 Å². The minimum Gasteiger partial charge on any atom is -0.491 e. The van der Waals surface area contributed by atoms with Gasteiger partial charge in [0.1, 0.15) is 29.0 Å². The van der Waals surface area contributed by atoms with Gasteiger partial charge in [0, 0.05) is 27.2 Å². The minimum absolute atomic E-state index is 0.194. The highest BCUT2D eigenvalue weighted by atomic mass is 32.1. The van der Waals surface area contributed by atoms with Crippen molar-refractivity contribution >= 4 is 44.0 Å². The molecule has 176 valence electrons. The number of aromatic amines is 1. The van der Waals surface area contributed by atoms with Crippen molar-refractivity contribution in [2.24, 2.45) is 11.0 Å². The van der Waals surface area contributed by atoms with Gasteiger partial charge in [-0.15, -0.1) is 11.3 Å². The molecule has 3 N–H and O–H groups in total. The Balaban J connectivity index is 1.49. The van der Waals surface area contributed by atoms with E-state index in [4.69, 9.17) is 10.3 Å². The second-order valence-corrected chi connectivity index (χ2v) is 9.60. The van der Waals surface area contributed by atoms with Gasteiger partial charge in [-0.1, -0.05) is 5.11 Å². The van der Waals surface area contributed by atoms with E-state index in [0.717, 1.165) is 51.9 Å². The number of hydrogen-bond acceptors (Lipinski definition) is 9. The largest absolute Gasteiger partial charge is 0.491 e. The molecule has 0 radical (unpaired) electrons. The van der Waals surface area contributed by atoms with Crippen LogP contribution in [0.25, 0.3) is 31.6 Å². The zero-order chi connectivity index (χ0) is 23.7. The topological polar surface area (TPSA) is 148 Å². The Morgan fingerprint density at radius 1 is 1.41 bits per heavy atom. The number of H-pyrrole nitrogens is 1. The van der Waals surface area contributed by atoms with E-state index in [0.29, 0.717) is 5.75 Å². The number of benzene rings is 1. The number of nitrogens with zero attached hydrogens (tertiary/aromatic N) is 7. The van der Waals surface area contributed by atoms with Crippen molar-refractivity contribution in [1.82, 2.24) is 25.1 Å². The SMILES string of the molecule is CN(C)C(O)[C@H]1CCc2c(sc3ncnc(Nc4cc5cn[nH]c5cc4OCCN=[N+]=[N-])c23)C1. The highest BCUT2D eigenvalue weighted by Gasteiger charge is 2.30. The zero-order valence-corrected chi connectivity index (χ0v) is 19.7. The number of ether oxygens (including phenoxy) is 1. The quantitative estimate of drug-likeness (QED) is 0.114. The molecule has 0 amide bonds. The first-order valence-corrected chi connectivity index (χ1v) is 11.8. The number of azide groups is 1. The predicted octanol–water partition coefficient (Wildman–Crippen LogP) is 3.99. The Labute approximate surface area is 199 Å². The Kier molecular flexibility index (Phi) is 6.20. The van der Waals surface area contributed by atoms with E-state index in [1.807, 2.05) is 31.1 Å². The molecule has 1 aromatic carbocycles. The van der Waals surface area contributed by atoms with Gasteiger partial charge in [0.25, 0.3) is 0 Å². The van der Waals surface area contributed by atoms with E-state index in [-0.39, 0.29) is 19.1 Å². The van der Waals surface area contributed by atoms with E-state index in [1.54, 1.807) is 23.9 Å². The van der Waals surface area contributed by atoms with Crippen LogP contribution in [-0.4, -0.2) is 63.6 Å². The van der Waals surface area contributed by atoms with Crippen LogP contribution in [0.1, 0.15) is 16.9 Å². The van der Waals surface area contributed by atoms with Crippen LogP contribution in [0.15, 0.2) is 29.8 Å². The fourth-order valence-electron chi connectivity index (χ4n) is 4.46. The normalized spacial score (nSPS) is 16.4. The van der Waals surface area contributed by atoms with E-state index < -0.39 is 6.23 Å². The van der Waals surface area contributed by atoms with Crippen LogP contribution in [-0.2, 0) is 12.8 Å². The van der Waals surface area contributed by atoms with Gasteiger partial charge in [0.05, 0.1) is 35.9 Å². The van der Waals surface area contributed by atoms with Gasteiger partial charge in [-0.05, 0) is 50.5 Å². The molecule has 3 heterocycles. The number of aryl methyl sites for hydroxylation is 1. The molecule has 11 nitrogen and oxygen atoms in total. The van der Waals surface area contributed by atoms with Crippen molar-refractivity contribution in [2.75, 3.05) is 32.6 Å². The number of nitrogens with one attached hydrogen (secondary N) is 2. The molecule has 4 aromatic rings. The number of aliphatic hydroxyl groups is 1. The van der Waals surface area contributed by atoms with E-state index >= 15 is 0 Å². The Bertz CT molecular complexity index is 1380. The van der Waals surface area contributed by atoms with E-state index in [2.05, 4.69) is 35.5 Å². The third-order valence-electron chi connectivity index (χ3n) is 6.14. The highest BCUT2D eigenvalue weighted by molar-refractivity contribution is 7.19. The molecule has 2 atom stereocenters. The molecule has 1 unspecified atom stereocenters. The van der Waals surface area contributed by atoms with Crippen molar-refractivity contribution in [3.63, 3.8) is 0 Å². The summed E-state index contributed by atoms with van der Waals surface area (Å²) in [6, 6.07) is 3.83. The van der Waals surface area contributed by atoms with E-state index in [9.17, 15) is 5.11 Å². The summed E-state index contributed by atoms with van der Waals surface area (Å²) >= 11 is 1.67. The second kappa shape index (κ2) is 9.43. The average molecular weight is 480 g/mol. The average Bonchev–Trinajstić information content (AvgIpc) is 3.44. The van der Waals surface area contributed by atoms with Crippen LogP contribution < -0.4 is 10.1 Å². The number of aliphatic hydroxyl groups excluding tert-OH is 1. The molecular formula is C22H25N9O2S. The summed E-state index contributed by atoms with van der Waals surface area (Å²) in [5.41, 5.74) is 11.4. The second-order valence-electron chi connectivity index (χ2n) is 8.52. The number of anilines is 2. The maximum absolute atomic E-state index is 10.5. The van der Waals surface area contributed by atoms with Crippen LogP contribution in [0.4, 0.5) is 11.5 Å². The van der Waals surface area contributed by atoms with Crippen molar-refractivity contribution in [3.8, 4) is 5.75 Å². The molecule has 0 bridgehead atoms. The molecule has 1 aliphatic carbocycles. The lowest BCUT2D eigenvalue weighted by molar-refractivity contribution is -0.0142. The van der Waals surface area contributed by atoms with Crippen LogP contribution in [0.3, 0.4) is 0 Å². The number of thiophene rings is 1. The van der Waals surface area contributed by atoms with Gasteiger partial charge < -0.3 is 15.2 Å². The van der Waals surface area contributed by atoms with Crippen LogP contribution in [0, 0.1) is 5.92 Å². The van der Waals surface area contributed by atoms with Gasteiger partial charge >= 0.3 is 0 Å². The smallest absolute Gasteiger partial charge is 0.144 e. The molecule has 3 aromatic heterocycles. The first-order valence-electron chi connectivity index (χ1n) is 11.0. The fourth-order valence-corrected chi connectivity index (χ4v) is 5.74.